The zero-order valence-electron chi connectivity index (χ0n) is 11.0. The zero-order valence-corrected chi connectivity index (χ0v) is 11.0. The van der Waals surface area contributed by atoms with Crippen LogP contribution in [0, 0.1) is 0 Å². The molecule has 0 unspecified atom stereocenters. The first-order valence-electron chi connectivity index (χ1n) is 6.50. The van der Waals surface area contributed by atoms with Gasteiger partial charge >= 0.3 is 0 Å². The lowest BCUT2D eigenvalue weighted by Crippen LogP contribution is -2.38. The second-order valence-corrected chi connectivity index (χ2v) is 5.69. The van der Waals surface area contributed by atoms with E-state index in [2.05, 4.69) is 30.9 Å². The van der Waals surface area contributed by atoms with Crippen LogP contribution in [0.25, 0.3) is 10.9 Å². The predicted octanol–water partition coefficient (Wildman–Crippen LogP) is 3.20. The Kier molecular flexibility index (Phi) is 2.44. The summed E-state index contributed by atoms with van der Waals surface area (Å²) in [4.78, 5) is 7.17. The first-order valence-corrected chi connectivity index (χ1v) is 6.50. The molecule has 3 rings (SSSR count). The summed E-state index contributed by atoms with van der Waals surface area (Å²) >= 11 is 0. The fourth-order valence-electron chi connectivity index (χ4n) is 2.82. The first-order chi connectivity index (χ1) is 8.56. The van der Waals surface area contributed by atoms with Crippen LogP contribution in [0.1, 0.15) is 26.7 Å². The van der Waals surface area contributed by atoms with Gasteiger partial charge in [-0.05, 0) is 57.0 Å². The van der Waals surface area contributed by atoms with E-state index in [9.17, 15) is 0 Å². The van der Waals surface area contributed by atoms with Crippen LogP contribution in [0.4, 0.5) is 11.5 Å². The normalized spacial score (nSPS) is 18.4. The lowest BCUT2D eigenvalue weighted by molar-refractivity contribution is 0.515. The number of fused-ring (bicyclic) bond motifs is 1. The molecule has 0 bridgehead atoms. The smallest absolute Gasteiger partial charge is 0.129 e. The molecule has 1 fully saturated rings. The number of nitrogen functional groups attached to an aromatic ring is 1. The molecule has 2 aromatic rings. The lowest BCUT2D eigenvalue weighted by atomic mass is 10.0. The van der Waals surface area contributed by atoms with E-state index < -0.39 is 0 Å². The number of hydrogen-bond acceptors (Lipinski definition) is 3. The number of pyridine rings is 1. The maximum Gasteiger partial charge on any atom is 0.129 e. The standard InChI is InChI=1S/C15H19N3/c1-15(2)8-3-9-18(15)14-7-4-11-10-12(16)5-6-13(11)17-14/h4-7,10H,3,8-9,16H2,1-2H3. The van der Waals surface area contributed by atoms with Gasteiger partial charge in [0.05, 0.1) is 5.52 Å². The second-order valence-electron chi connectivity index (χ2n) is 5.69. The molecule has 1 saturated heterocycles. The first kappa shape index (κ1) is 11.3. The lowest BCUT2D eigenvalue weighted by Gasteiger charge is -2.32. The van der Waals surface area contributed by atoms with Crippen LogP contribution in [-0.4, -0.2) is 17.1 Å². The van der Waals surface area contributed by atoms with Gasteiger partial charge in [-0.25, -0.2) is 4.98 Å². The number of hydrogen-bond donors (Lipinski definition) is 1. The molecule has 1 aliphatic heterocycles. The van der Waals surface area contributed by atoms with Crippen LogP contribution in [0.2, 0.25) is 0 Å². The zero-order chi connectivity index (χ0) is 12.8. The van der Waals surface area contributed by atoms with Crippen molar-refractivity contribution in [1.29, 1.82) is 0 Å². The van der Waals surface area contributed by atoms with E-state index in [0.29, 0.717) is 0 Å². The highest BCUT2D eigenvalue weighted by Gasteiger charge is 2.32. The summed E-state index contributed by atoms with van der Waals surface area (Å²) in [5.41, 5.74) is 7.81. The van der Waals surface area contributed by atoms with E-state index >= 15 is 0 Å². The van der Waals surface area contributed by atoms with Gasteiger partial charge in [-0.15, -0.1) is 0 Å². The van der Waals surface area contributed by atoms with Crippen molar-refractivity contribution in [1.82, 2.24) is 4.98 Å². The Balaban J connectivity index is 2.06. The van der Waals surface area contributed by atoms with Crippen LogP contribution < -0.4 is 10.6 Å². The summed E-state index contributed by atoms with van der Waals surface area (Å²) in [5.74, 6) is 1.08. The second kappa shape index (κ2) is 3.87. The van der Waals surface area contributed by atoms with Crippen LogP contribution in [-0.2, 0) is 0 Å². The highest BCUT2D eigenvalue weighted by molar-refractivity contribution is 5.83. The fraction of sp³-hybridized carbons (Fsp3) is 0.400. The summed E-state index contributed by atoms with van der Waals surface area (Å²) in [6.07, 6.45) is 2.48. The molecular weight excluding hydrogens is 222 g/mol. The minimum atomic E-state index is 0.217. The van der Waals surface area contributed by atoms with Gasteiger partial charge in [0.2, 0.25) is 0 Å². The summed E-state index contributed by atoms with van der Waals surface area (Å²) in [6.45, 7) is 5.67. The minimum Gasteiger partial charge on any atom is -0.399 e. The third-order valence-electron chi connectivity index (χ3n) is 3.88. The molecule has 0 spiro atoms. The molecule has 1 aliphatic rings. The van der Waals surface area contributed by atoms with Gasteiger partial charge in [-0.2, -0.15) is 0 Å². The Morgan fingerprint density at radius 1 is 1.22 bits per heavy atom. The maximum absolute atomic E-state index is 5.79. The van der Waals surface area contributed by atoms with E-state index in [4.69, 9.17) is 10.7 Å². The molecule has 0 saturated carbocycles. The molecule has 2 N–H and O–H groups in total. The van der Waals surface area contributed by atoms with Gasteiger partial charge in [0.15, 0.2) is 0 Å². The molecule has 1 aromatic heterocycles. The minimum absolute atomic E-state index is 0.217. The van der Waals surface area contributed by atoms with Gasteiger partial charge in [-0.1, -0.05) is 0 Å². The number of nitrogens with two attached hydrogens (primary N) is 1. The summed E-state index contributed by atoms with van der Waals surface area (Å²) in [7, 11) is 0. The third kappa shape index (κ3) is 1.80. The van der Waals surface area contributed by atoms with E-state index in [1.54, 1.807) is 0 Å². The molecular formula is C15H19N3. The highest BCUT2D eigenvalue weighted by Crippen LogP contribution is 2.33. The van der Waals surface area contributed by atoms with Crippen molar-refractivity contribution in [3.05, 3.63) is 30.3 Å². The van der Waals surface area contributed by atoms with Crippen molar-refractivity contribution >= 4 is 22.4 Å². The molecule has 2 heterocycles. The SMILES string of the molecule is CC1(C)CCCN1c1ccc2cc(N)ccc2n1. The van der Waals surface area contributed by atoms with Gasteiger partial charge in [-0.3, -0.25) is 0 Å². The Morgan fingerprint density at radius 3 is 2.78 bits per heavy atom. The van der Waals surface area contributed by atoms with Gasteiger partial charge in [0, 0.05) is 23.2 Å². The number of aromatic nitrogens is 1. The van der Waals surface area contributed by atoms with Crippen molar-refractivity contribution in [2.75, 3.05) is 17.2 Å². The number of benzene rings is 1. The molecule has 18 heavy (non-hydrogen) atoms. The van der Waals surface area contributed by atoms with E-state index in [1.165, 1.54) is 12.8 Å². The summed E-state index contributed by atoms with van der Waals surface area (Å²) < 4.78 is 0. The summed E-state index contributed by atoms with van der Waals surface area (Å²) in [6, 6.07) is 10.1. The number of anilines is 2. The van der Waals surface area contributed by atoms with Crippen LogP contribution >= 0.6 is 0 Å². The van der Waals surface area contributed by atoms with Crippen molar-refractivity contribution in [3.63, 3.8) is 0 Å². The Hall–Kier alpha value is -1.77. The molecule has 0 amide bonds. The van der Waals surface area contributed by atoms with Crippen molar-refractivity contribution in [3.8, 4) is 0 Å². The monoisotopic (exact) mass is 241 g/mol. The largest absolute Gasteiger partial charge is 0.399 e. The number of rotatable bonds is 1. The number of nitrogens with zero attached hydrogens (tertiary/aromatic N) is 2. The molecule has 3 heteroatoms. The maximum atomic E-state index is 5.79. The molecule has 0 atom stereocenters. The van der Waals surface area contributed by atoms with Crippen LogP contribution in [0.15, 0.2) is 30.3 Å². The molecule has 1 aromatic carbocycles. The van der Waals surface area contributed by atoms with Crippen molar-refractivity contribution < 1.29 is 0 Å². The molecule has 0 radical (unpaired) electrons. The predicted molar refractivity (Wildman–Crippen MR) is 76.8 cm³/mol. The Labute approximate surface area is 108 Å². The molecule has 3 nitrogen and oxygen atoms in total. The van der Waals surface area contributed by atoms with Crippen molar-refractivity contribution in [2.24, 2.45) is 0 Å². The van der Waals surface area contributed by atoms with Gasteiger partial charge in [0.25, 0.3) is 0 Å². The van der Waals surface area contributed by atoms with Gasteiger partial charge < -0.3 is 10.6 Å². The topological polar surface area (TPSA) is 42.1 Å². The van der Waals surface area contributed by atoms with Crippen LogP contribution in [0.3, 0.4) is 0 Å². The quantitative estimate of drug-likeness (QED) is 0.780. The third-order valence-corrected chi connectivity index (χ3v) is 3.88. The summed E-state index contributed by atoms with van der Waals surface area (Å²) in [5, 5.41) is 1.11. The van der Waals surface area contributed by atoms with E-state index in [-0.39, 0.29) is 5.54 Å². The van der Waals surface area contributed by atoms with Crippen molar-refractivity contribution in [2.45, 2.75) is 32.2 Å². The van der Waals surface area contributed by atoms with Crippen LogP contribution in [0.5, 0.6) is 0 Å². The molecule has 94 valence electrons. The Morgan fingerprint density at radius 2 is 2.06 bits per heavy atom. The van der Waals surface area contributed by atoms with E-state index in [1.807, 2.05) is 18.2 Å². The van der Waals surface area contributed by atoms with Gasteiger partial charge in [0.1, 0.15) is 5.82 Å². The average molecular weight is 241 g/mol. The highest BCUT2D eigenvalue weighted by atomic mass is 15.3. The Bertz CT molecular complexity index is 589. The van der Waals surface area contributed by atoms with E-state index in [0.717, 1.165) is 29.0 Å². The fourth-order valence-corrected chi connectivity index (χ4v) is 2.82. The molecule has 0 aliphatic carbocycles. The average Bonchev–Trinajstić information content (AvgIpc) is 2.68.